The Kier molecular flexibility index (Phi) is 2.30. The predicted octanol–water partition coefficient (Wildman–Crippen LogP) is 5.89. The molecule has 0 radical (unpaired) electrons. The van der Waals surface area contributed by atoms with Crippen LogP contribution in [0.3, 0.4) is 0 Å². The lowest BCUT2D eigenvalue weighted by Gasteiger charge is -2.15. The second kappa shape index (κ2) is 4.21. The number of anilines is 1. The minimum atomic E-state index is 0.856. The summed E-state index contributed by atoms with van der Waals surface area (Å²) in [5.41, 5.74) is 8.47. The summed E-state index contributed by atoms with van der Waals surface area (Å²) in [6.45, 7) is 0. The molecule has 0 saturated carbocycles. The van der Waals surface area contributed by atoms with E-state index in [1.807, 2.05) is 6.07 Å². The Morgan fingerprint density at radius 3 is 2.27 bits per heavy atom. The lowest BCUT2D eigenvalue weighted by atomic mass is 9.90. The van der Waals surface area contributed by atoms with Gasteiger partial charge in [0.1, 0.15) is 0 Å². The fourth-order valence-electron chi connectivity index (χ4n) is 3.50. The Bertz CT molecular complexity index is 1120. The Hall–Kier alpha value is -2.58. The van der Waals surface area contributed by atoms with Crippen LogP contribution in [0.1, 0.15) is 0 Å². The molecule has 0 fully saturated rings. The molecule has 1 nitrogen and oxygen atoms in total. The Balaban J connectivity index is 2.14. The van der Waals surface area contributed by atoms with Crippen LogP contribution in [0.15, 0.2) is 66.0 Å². The summed E-state index contributed by atoms with van der Waals surface area (Å²) in [4.78, 5) is 1.27. The molecule has 104 valence electrons. The molecule has 0 aliphatic rings. The molecule has 2 N–H and O–H groups in total. The molecule has 0 bridgehead atoms. The molecule has 0 spiro atoms. The van der Waals surface area contributed by atoms with Crippen molar-refractivity contribution >= 4 is 49.3 Å². The van der Waals surface area contributed by atoms with Crippen molar-refractivity contribution in [2.24, 2.45) is 0 Å². The summed E-state index contributed by atoms with van der Waals surface area (Å²) in [5.74, 6) is 0. The standard InChI is InChI=1S/C20H13NS/c21-16-9-8-13-7-6-12-3-1-4-14-11-15(17-5-2-10-22-17)20(16)19(13)18(12)14/h1-11H,21H2. The van der Waals surface area contributed by atoms with E-state index in [2.05, 4.69) is 60.0 Å². The number of nitrogens with two attached hydrogens (primary N) is 1. The smallest absolute Gasteiger partial charge is 0.0400 e. The van der Waals surface area contributed by atoms with Crippen molar-refractivity contribution in [3.8, 4) is 10.4 Å². The first kappa shape index (κ1) is 12.0. The summed E-state index contributed by atoms with van der Waals surface area (Å²) < 4.78 is 0. The van der Waals surface area contributed by atoms with Crippen molar-refractivity contribution in [2.75, 3.05) is 5.73 Å². The number of rotatable bonds is 1. The van der Waals surface area contributed by atoms with Gasteiger partial charge in [-0.2, -0.15) is 0 Å². The van der Waals surface area contributed by atoms with Gasteiger partial charge in [-0.25, -0.2) is 0 Å². The molecule has 5 aromatic rings. The van der Waals surface area contributed by atoms with Crippen LogP contribution < -0.4 is 5.73 Å². The molecular formula is C20H13NS. The van der Waals surface area contributed by atoms with Crippen LogP contribution in [0.4, 0.5) is 5.69 Å². The van der Waals surface area contributed by atoms with Gasteiger partial charge in [0, 0.05) is 26.9 Å². The predicted molar refractivity (Wildman–Crippen MR) is 97.9 cm³/mol. The van der Waals surface area contributed by atoms with Gasteiger partial charge in [0.2, 0.25) is 0 Å². The zero-order valence-electron chi connectivity index (χ0n) is 11.8. The summed E-state index contributed by atoms with van der Waals surface area (Å²) in [6.07, 6.45) is 0. The normalized spacial score (nSPS) is 11.8. The zero-order chi connectivity index (χ0) is 14.7. The highest BCUT2D eigenvalue weighted by Gasteiger charge is 2.15. The molecule has 0 aliphatic carbocycles. The maximum atomic E-state index is 6.38. The fourth-order valence-corrected chi connectivity index (χ4v) is 4.25. The van der Waals surface area contributed by atoms with Crippen LogP contribution >= 0.6 is 11.3 Å². The van der Waals surface area contributed by atoms with E-state index in [1.54, 1.807) is 11.3 Å². The largest absolute Gasteiger partial charge is 0.398 e. The van der Waals surface area contributed by atoms with Crippen molar-refractivity contribution in [1.82, 2.24) is 0 Å². The zero-order valence-corrected chi connectivity index (χ0v) is 12.7. The average Bonchev–Trinajstić information content (AvgIpc) is 3.08. The van der Waals surface area contributed by atoms with Gasteiger partial charge in [-0.15, -0.1) is 11.3 Å². The van der Waals surface area contributed by atoms with E-state index in [4.69, 9.17) is 5.73 Å². The molecule has 5 rings (SSSR count). The topological polar surface area (TPSA) is 26.0 Å². The summed E-state index contributed by atoms with van der Waals surface area (Å²) in [5, 5.41) is 9.73. The molecule has 4 aromatic carbocycles. The van der Waals surface area contributed by atoms with Crippen molar-refractivity contribution in [1.29, 1.82) is 0 Å². The monoisotopic (exact) mass is 299 g/mol. The molecule has 22 heavy (non-hydrogen) atoms. The first-order chi connectivity index (χ1) is 10.8. The first-order valence-electron chi connectivity index (χ1n) is 7.33. The van der Waals surface area contributed by atoms with Crippen LogP contribution in [-0.2, 0) is 0 Å². The van der Waals surface area contributed by atoms with E-state index in [-0.39, 0.29) is 0 Å². The summed E-state index contributed by atoms with van der Waals surface area (Å²) in [7, 11) is 0. The van der Waals surface area contributed by atoms with E-state index in [0.29, 0.717) is 0 Å². The molecule has 0 aliphatic heterocycles. The van der Waals surface area contributed by atoms with Gasteiger partial charge in [0.15, 0.2) is 0 Å². The van der Waals surface area contributed by atoms with E-state index >= 15 is 0 Å². The second-order valence-electron chi connectivity index (χ2n) is 5.67. The number of hydrogen-bond donors (Lipinski definition) is 1. The SMILES string of the molecule is Nc1ccc2ccc3cccc4cc(-c5cccs5)c1c2c34. The van der Waals surface area contributed by atoms with Crippen LogP contribution in [-0.4, -0.2) is 0 Å². The average molecular weight is 299 g/mol. The van der Waals surface area contributed by atoms with E-state index < -0.39 is 0 Å². The van der Waals surface area contributed by atoms with Gasteiger partial charge in [-0.3, -0.25) is 0 Å². The van der Waals surface area contributed by atoms with Crippen molar-refractivity contribution in [3.05, 3.63) is 66.0 Å². The highest BCUT2D eigenvalue weighted by Crippen LogP contribution is 2.43. The minimum absolute atomic E-state index is 0.856. The van der Waals surface area contributed by atoms with Crippen LogP contribution in [0.2, 0.25) is 0 Å². The quantitative estimate of drug-likeness (QED) is 0.303. The lowest BCUT2D eigenvalue weighted by Crippen LogP contribution is -1.92. The fraction of sp³-hybridized carbons (Fsp3) is 0. The third-order valence-electron chi connectivity index (χ3n) is 4.45. The molecule has 1 aromatic heterocycles. The van der Waals surface area contributed by atoms with E-state index in [1.165, 1.54) is 42.8 Å². The van der Waals surface area contributed by atoms with E-state index in [0.717, 1.165) is 5.69 Å². The van der Waals surface area contributed by atoms with Crippen LogP contribution in [0, 0.1) is 0 Å². The number of nitrogen functional groups attached to an aromatic ring is 1. The minimum Gasteiger partial charge on any atom is -0.398 e. The maximum absolute atomic E-state index is 6.38. The Morgan fingerprint density at radius 2 is 1.45 bits per heavy atom. The molecule has 0 unspecified atom stereocenters. The van der Waals surface area contributed by atoms with Gasteiger partial charge in [0.25, 0.3) is 0 Å². The molecular weight excluding hydrogens is 286 g/mol. The van der Waals surface area contributed by atoms with Gasteiger partial charge >= 0.3 is 0 Å². The van der Waals surface area contributed by atoms with Crippen LogP contribution in [0.25, 0.3) is 42.8 Å². The van der Waals surface area contributed by atoms with Crippen molar-refractivity contribution < 1.29 is 0 Å². The number of thiophene rings is 1. The summed E-state index contributed by atoms with van der Waals surface area (Å²) >= 11 is 1.76. The molecule has 0 saturated heterocycles. The van der Waals surface area contributed by atoms with Crippen molar-refractivity contribution in [2.45, 2.75) is 0 Å². The Morgan fingerprint density at radius 1 is 0.682 bits per heavy atom. The lowest BCUT2D eigenvalue weighted by molar-refractivity contribution is 1.75. The highest BCUT2D eigenvalue weighted by molar-refractivity contribution is 7.13. The maximum Gasteiger partial charge on any atom is 0.0400 e. The van der Waals surface area contributed by atoms with Crippen molar-refractivity contribution in [3.63, 3.8) is 0 Å². The second-order valence-corrected chi connectivity index (χ2v) is 6.62. The van der Waals surface area contributed by atoms with Crippen LogP contribution in [0.5, 0.6) is 0 Å². The van der Waals surface area contributed by atoms with E-state index in [9.17, 15) is 0 Å². The first-order valence-corrected chi connectivity index (χ1v) is 8.21. The van der Waals surface area contributed by atoms with Gasteiger partial charge < -0.3 is 5.73 Å². The molecule has 2 heteroatoms. The third kappa shape index (κ3) is 1.48. The van der Waals surface area contributed by atoms with Gasteiger partial charge in [-0.05, 0) is 45.1 Å². The number of hydrogen-bond acceptors (Lipinski definition) is 2. The highest BCUT2D eigenvalue weighted by atomic mass is 32.1. The Labute approximate surface area is 131 Å². The third-order valence-corrected chi connectivity index (χ3v) is 5.35. The molecule has 1 heterocycles. The van der Waals surface area contributed by atoms with Gasteiger partial charge in [0.05, 0.1) is 0 Å². The summed E-state index contributed by atoms with van der Waals surface area (Å²) in [6, 6.07) is 21.6. The number of benzene rings is 4. The van der Waals surface area contributed by atoms with Gasteiger partial charge in [-0.1, -0.05) is 42.5 Å². The molecule has 0 atom stereocenters. The molecule has 0 amide bonds.